The number of para-hydroxylation sites is 1. The smallest absolute Gasteiger partial charge is 0.243 e. The number of rotatable bonds is 5. The zero-order chi connectivity index (χ0) is 28.7. The highest BCUT2D eigenvalue weighted by Gasteiger charge is 2.37. The largest absolute Gasteiger partial charge is 0.367 e. The van der Waals surface area contributed by atoms with Crippen LogP contribution >= 0.6 is 0 Å². The van der Waals surface area contributed by atoms with Gasteiger partial charge in [0.25, 0.3) is 0 Å². The molecule has 3 aromatic carbocycles. The van der Waals surface area contributed by atoms with Gasteiger partial charge in [0, 0.05) is 45.0 Å². The van der Waals surface area contributed by atoms with Gasteiger partial charge >= 0.3 is 0 Å². The summed E-state index contributed by atoms with van der Waals surface area (Å²) in [5, 5.41) is 0. The van der Waals surface area contributed by atoms with Gasteiger partial charge in [-0.05, 0) is 60.7 Å². The molecule has 0 N–H and O–H groups in total. The van der Waals surface area contributed by atoms with Crippen molar-refractivity contribution < 1.29 is 17.6 Å². The van der Waals surface area contributed by atoms with Gasteiger partial charge in [0.15, 0.2) is 0 Å². The summed E-state index contributed by atoms with van der Waals surface area (Å²) in [6.45, 7) is 3.36. The molecule has 8 heteroatoms. The van der Waals surface area contributed by atoms with E-state index in [0.717, 1.165) is 62.2 Å². The molecule has 6 nitrogen and oxygen atoms in total. The molecule has 2 aliphatic rings. The highest BCUT2D eigenvalue weighted by molar-refractivity contribution is 7.89. The number of sulfonamides is 1. The number of fused-ring (bicyclic) bond motifs is 1. The molecule has 1 saturated heterocycles. The van der Waals surface area contributed by atoms with Crippen molar-refractivity contribution in [2.24, 2.45) is 5.92 Å². The predicted molar refractivity (Wildman–Crippen MR) is 160 cm³/mol. The van der Waals surface area contributed by atoms with Gasteiger partial charge in [-0.25, -0.2) is 12.8 Å². The summed E-state index contributed by atoms with van der Waals surface area (Å²) in [7, 11) is -3.79. The fourth-order valence-electron chi connectivity index (χ4n) is 5.99. The minimum atomic E-state index is -3.79. The Morgan fingerprint density at radius 1 is 0.780 bits per heavy atom. The number of hydrogen-bond acceptors (Lipinski definition) is 4. The summed E-state index contributed by atoms with van der Waals surface area (Å²) < 4.78 is 41.2. The molecule has 0 aromatic heterocycles. The van der Waals surface area contributed by atoms with Gasteiger partial charge in [0.05, 0.1) is 10.8 Å². The maximum Gasteiger partial charge on any atom is 0.243 e. The van der Waals surface area contributed by atoms with Crippen molar-refractivity contribution in [1.29, 1.82) is 0 Å². The van der Waals surface area contributed by atoms with Crippen LogP contribution in [-0.4, -0.2) is 49.7 Å². The molecule has 1 amide bonds. The molecular weight excluding hydrogens is 537 g/mol. The number of anilines is 1. The maximum absolute atomic E-state index is 14.0. The van der Waals surface area contributed by atoms with Crippen LogP contribution in [0.1, 0.15) is 56.1 Å². The highest BCUT2D eigenvalue weighted by atomic mass is 32.2. The summed E-state index contributed by atoms with van der Waals surface area (Å²) >= 11 is 0. The summed E-state index contributed by atoms with van der Waals surface area (Å²) in [6.07, 6.45) is 7.16. The van der Waals surface area contributed by atoms with Gasteiger partial charge in [-0.15, -0.1) is 0 Å². The Balaban J connectivity index is 1.36. The van der Waals surface area contributed by atoms with E-state index >= 15 is 0 Å². The Kier molecular flexibility index (Phi) is 9.72. The third-order valence-corrected chi connectivity index (χ3v) is 10.2. The molecule has 1 atom stereocenters. The summed E-state index contributed by atoms with van der Waals surface area (Å²) in [5.41, 5.74) is 3.53. The van der Waals surface area contributed by atoms with Crippen LogP contribution < -0.4 is 4.90 Å². The van der Waals surface area contributed by atoms with Crippen LogP contribution in [0, 0.1) is 11.7 Å². The second kappa shape index (κ2) is 13.6. The van der Waals surface area contributed by atoms with Crippen LogP contribution in [0.25, 0.3) is 0 Å². The number of hydrogen-bond donors (Lipinski definition) is 0. The number of amides is 1. The van der Waals surface area contributed by atoms with Gasteiger partial charge in [-0.3, -0.25) is 4.79 Å². The minimum Gasteiger partial charge on any atom is -0.367 e. The minimum absolute atomic E-state index is 0.0149. The number of halogens is 1. The lowest BCUT2D eigenvalue weighted by Crippen LogP contribution is -2.39. The molecule has 1 unspecified atom stereocenters. The van der Waals surface area contributed by atoms with E-state index in [0.29, 0.717) is 19.5 Å². The first-order valence-electron chi connectivity index (χ1n) is 14.8. The molecule has 0 aliphatic carbocycles. The molecule has 3 aromatic rings. The fraction of sp³-hybridized carbons (Fsp3) is 0.424. The predicted octanol–water partition coefficient (Wildman–Crippen LogP) is 6.23. The fourth-order valence-corrected chi connectivity index (χ4v) is 7.49. The average molecular weight is 578 g/mol. The van der Waals surface area contributed by atoms with Crippen LogP contribution in [0.4, 0.5) is 10.1 Å². The quantitative estimate of drug-likeness (QED) is 0.361. The maximum atomic E-state index is 14.0. The molecule has 2 heterocycles. The number of nitrogens with zero attached hydrogens (tertiary/aromatic N) is 3. The molecule has 0 spiro atoms. The Labute approximate surface area is 243 Å². The zero-order valence-corrected chi connectivity index (χ0v) is 24.4. The van der Waals surface area contributed by atoms with Gasteiger partial charge in [0.2, 0.25) is 15.9 Å². The lowest BCUT2D eigenvalue weighted by Gasteiger charge is -2.31. The highest BCUT2D eigenvalue weighted by Crippen LogP contribution is 2.29. The average Bonchev–Trinajstić information content (AvgIpc) is 3.49. The Hall–Kier alpha value is -3.23. The van der Waals surface area contributed by atoms with Crippen LogP contribution in [0.2, 0.25) is 0 Å². The molecule has 2 aliphatic heterocycles. The zero-order valence-electron chi connectivity index (χ0n) is 23.6. The van der Waals surface area contributed by atoms with E-state index in [4.69, 9.17) is 0 Å². The van der Waals surface area contributed by atoms with Crippen LogP contribution in [0.5, 0.6) is 0 Å². The monoisotopic (exact) mass is 577 g/mol. The molecule has 218 valence electrons. The van der Waals surface area contributed by atoms with Gasteiger partial charge in [-0.2, -0.15) is 4.31 Å². The van der Waals surface area contributed by atoms with Crippen LogP contribution in [0.15, 0.2) is 83.8 Å². The van der Waals surface area contributed by atoms with Crippen molar-refractivity contribution in [3.63, 3.8) is 0 Å². The molecule has 41 heavy (non-hydrogen) atoms. The summed E-state index contributed by atoms with van der Waals surface area (Å²) in [6, 6.07) is 23.8. The van der Waals surface area contributed by atoms with Crippen LogP contribution in [-0.2, 0) is 27.9 Å². The number of carbonyl (C=O) groups is 1. The van der Waals surface area contributed by atoms with Crippen molar-refractivity contribution in [2.75, 3.05) is 31.1 Å². The Morgan fingerprint density at radius 3 is 2.20 bits per heavy atom. The van der Waals surface area contributed by atoms with E-state index in [-0.39, 0.29) is 23.9 Å². The van der Waals surface area contributed by atoms with Crippen molar-refractivity contribution in [1.82, 2.24) is 9.21 Å². The molecule has 0 bridgehead atoms. The number of carbonyl (C=O) groups excluding carboxylic acids is 1. The summed E-state index contributed by atoms with van der Waals surface area (Å²) in [4.78, 5) is 18.4. The summed E-state index contributed by atoms with van der Waals surface area (Å²) in [5.74, 6) is -0.860. The Morgan fingerprint density at radius 2 is 1.44 bits per heavy atom. The van der Waals surface area contributed by atoms with E-state index in [1.807, 2.05) is 17.0 Å². The first kappa shape index (κ1) is 29.3. The second-order valence-corrected chi connectivity index (χ2v) is 13.2. The van der Waals surface area contributed by atoms with Crippen molar-refractivity contribution >= 4 is 21.6 Å². The second-order valence-electron chi connectivity index (χ2n) is 11.2. The Bertz CT molecular complexity index is 1400. The molecule has 1 fully saturated rings. The van der Waals surface area contributed by atoms with Gasteiger partial charge < -0.3 is 9.80 Å². The lowest BCUT2D eigenvalue weighted by atomic mass is 10.0. The van der Waals surface area contributed by atoms with Crippen molar-refractivity contribution in [3.8, 4) is 0 Å². The van der Waals surface area contributed by atoms with Crippen molar-refractivity contribution in [3.05, 3.63) is 95.8 Å². The van der Waals surface area contributed by atoms with E-state index in [1.165, 1.54) is 34.8 Å². The SMILES string of the molecule is O=C(C1CCN(S(=O)(=O)c2ccc(F)cc2)C1)N1CCCCCCCCN(Cc2ccccc2)c2ccccc2C1. The lowest BCUT2D eigenvalue weighted by molar-refractivity contribution is -0.135. The first-order chi connectivity index (χ1) is 19.9. The van der Waals surface area contributed by atoms with E-state index in [2.05, 4.69) is 47.4 Å². The molecule has 0 radical (unpaired) electrons. The molecule has 5 rings (SSSR count). The molecule has 0 saturated carbocycles. The van der Waals surface area contributed by atoms with E-state index in [1.54, 1.807) is 0 Å². The topological polar surface area (TPSA) is 60.9 Å². The van der Waals surface area contributed by atoms with E-state index in [9.17, 15) is 17.6 Å². The third kappa shape index (κ3) is 7.35. The molecular formula is C33H40FN3O3S. The van der Waals surface area contributed by atoms with E-state index < -0.39 is 21.8 Å². The van der Waals surface area contributed by atoms with Gasteiger partial charge in [0.1, 0.15) is 5.82 Å². The number of benzene rings is 3. The first-order valence-corrected chi connectivity index (χ1v) is 16.3. The normalized spacial score (nSPS) is 19.6. The standard InChI is InChI=1S/C33H40FN3O3S/c34-30-16-18-31(19-17-30)41(39,40)37-23-20-29(26-37)33(38)36-22-11-4-2-1-3-10-21-35(24-27-12-6-5-7-13-27)32-15-9-8-14-28(32)25-36/h5-9,12-19,29H,1-4,10-11,20-26H2. The van der Waals surface area contributed by atoms with Crippen molar-refractivity contribution in [2.45, 2.75) is 62.9 Å². The van der Waals surface area contributed by atoms with Gasteiger partial charge in [-0.1, -0.05) is 74.2 Å². The third-order valence-electron chi connectivity index (χ3n) is 8.28. The van der Waals surface area contributed by atoms with Crippen LogP contribution in [0.3, 0.4) is 0 Å².